The molecule has 0 saturated heterocycles. The normalized spacial score (nSPS) is 10.0. The zero-order valence-corrected chi connectivity index (χ0v) is 14.6. The van der Waals surface area contributed by atoms with Crippen LogP contribution in [0.5, 0.6) is 0 Å². The SMILES string of the molecule is COC(=O)c1cccc(NC(=O)COC(=O)c2cccc(Cl)c2Cl)c1. The standard InChI is InChI=1S/C17H13Cl2NO5/c1-24-16(22)10-4-2-5-11(8-10)20-14(21)9-25-17(23)12-6-3-7-13(18)15(12)19/h2-8H,9H2,1H3,(H,20,21). The van der Waals surface area contributed by atoms with Gasteiger partial charge >= 0.3 is 11.9 Å². The van der Waals surface area contributed by atoms with Crippen molar-refractivity contribution < 1.29 is 23.9 Å². The molecule has 25 heavy (non-hydrogen) atoms. The van der Waals surface area contributed by atoms with E-state index in [0.717, 1.165) is 0 Å². The molecular formula is C17H13Cl2NO5. The lowest BCUT2D eigenvalue weighted by Crippen LogP contribution is -2.21. The highest BCUT2D eigenvalue weighted by Crippen LogP contribution is 2.26. The van der Waals surface area contributed by atoms with Gasteiger partial charge < -0.3 is 14.8 Å². The summed E-state index contributed by atoms with van der Waals surface area (Å²) in [6.45, 7) is -0.524. The summed E-state index contributed by atoms with van der Waals surface area (Å²) in [5.74, 6) is -1.88. The maximum Gasteiger partial charge on any atom is 0.340 e. The lowest BCUT2D eigenvalue weighted by Gasteiger charge is -2.09. The molecule has 0 spiro atoms. The van der Waals surface area contributed by atoms with Crippen molar-refractivity contribution in [3.63, 3.8) is 0 Å². The molecule has 0 aliphatic rings. The third-order valence-electron chi connectivity index (χ3n) is 3.07. The molecule has 0 atom stereocenters. The van der Waals surface area contributed by atoms with E-state index < -0.39 is 24.5 Å². The first-order valence-electron chi connectivity index (χ1n) is 7.01. The van der Waals surface area contributed by atoms with E-state index in [2.05, 4.69) is 10.1 Å². The number of amides is 1. The molecule has 0 fully saturated rings. The summed E-state index contributed by atoms with van der Waals surface area (Å²) in [5.41, 5.74) is 0.711. The third-order valence-corrected chi connectivity index (χ3v) is 3.89. The van der Waals surface area contributed by atoms with Crippen molar-refractivity contribution in [2.45, 2.75) is 0 Å². The summed E-state index contributed by atoms with van der Waals surface area (Å²) in [6, 6.07) is 10.7. The second-order valence-electron chi connectivity index (χ2n) is 4.80. The first kappa shape index (κ1) is 18.8. The smallest absolute Gasteiger partial charge is 0.340 e. The monoisotopic (exact) mass is 381 g/mol. The molecule has 0 aliphatic carbocycles. The lowest BCUT2D eigenvalue weighted by molar-refractivity contribution is -0.119. The number of esters is 2. The summed E-state index contributed by atoms with van der Waals surface area (Å²) >= 11 is 11.7. The second kappa shape index (κ2) is 8.50. The maximum absolute atomic E-state index is 12.0. The maximum atomic E-state index is 12.0. The summed E-state index contributed by atoms with van der Waals surface area (Å²) < 4.78 is 9.51. The van der Waals surface area contributed by atoms with Crippen molar-refractivity contribution in [3.05, 3.63) is 63.6 Å². The van der Waals surface area contributed by atoms with Gasteiger partial charge in [0.2, 0.25) is 0 Å². The van der Waals surface area contributed by atoms with E-state index in [9.17, 15) is 14.4 Å². The number of methoxy groups -OCH3 is 1. The third kappa shape index (κ3) is 4.95. The van der Waals surface area contributed by atoms with Crippen LogP contribution in [0.3, 0.4) is 0 Å². The number of ether oxygens (including phenoxy) is 2. The minimum atomic E-state index is -0.772. The highest BCUT2D eigenvalue weighted by atomic mass is 35.5. The molecule has 0 heterocycles. The Balaban J connectivity index is 1.96. The van der Waals surface area contributed by atoms with Gasteiger partial charge in [-0.3, -0.25) is 4.79 Å². The average Bonchev–Trinajstić information content (AvgIpc) is 2.61. The molecule has 0 bridgehead atoms. The molecule has 8 heteroatoms. The van der Waals surface area contributed by atoms with Crippen molar-refractivity contribution >= 4 is 46.7 Å². The van der Waals surface area contributed by atoms with E-state index in [-0.39, 0.29) is 21.2 Å². The quantitative estimate of drug-likeness (QED) is 0.800. The Labute approximate surface area is 153 Å². The summed E-state index contributed by atoms with van der Waals surface area (Å²) in [7, 11) is 1.26. The fourth-order valence-corrected chi connectivity index (χ4v) is 2.29. The van der Waals surface area contributed by atoms with E-state index in [1.54, 1.807) is 24.3 Å². The van der Waals surface area contributed by atoms with Crippen LogP contribution in [0.15, 0.2) is 42.5 Å². The average molecular weight is 382 g/mol. The number of carbonyl (C=O) groups is 3. The van der Waals surface area contributed by atoms with Gasteiger partial charge in [-0.15, -0.1) is 0 Å². The van der Waals surface area contributed by atoms with E-state index in [1.807, 2.05) is 0 Å². The molecule has 0 aromatic heterocycles. The van der Waals surface area contributed by atoms with Crippen LogP contribution in [0.1, 0.15) is 20.7 Å². The molecule has 2 aromatic carbocycles. The molecule has 1 N–H and O–H groups in total. The molecule has 6 nitrogen and oxygen atoms in total. The zero-order valence-electron chi connectivity index (χ0n) is 13.0. The Morgan fingerprint density at radius 3 is 2.48 bits per heavy atom. The topological polar surface area (TPSA) is 81.7 Å². The van der Waals surface area contributed by atoms with Gasteiger partial charge in [-0.05, 0) is 30.3 Å². The minimum Gasteiger partial charge on any atom is -0.465 e. The minimum absolute atomic E-state index is 0.0559. The van der Waals surface area contributed by atoms with Crippen LogP contribution in [0.25, 0.3) is 0 Å². The van der Waals surface area contributed by atoms with Gasteiger partial charge in [0.25, 0.3) is 5.91 Å². The van der Waals surface area contributed by atoms with Gasteiger partial charge in [0.15, 0.2) is 6.61 Å². The fraction of sp³-hybridized carbons (Fsp3) is 0.118. The van der Waals surface area contributed by atoms with Crippen LogP contribution in [-0.2, 0) is 14.3 Å². The molecule has 2 aromatic rings. The van der Waals surface area contributed by atoms with E-state index in [4.69, 9.17) is 27.9 Å². The highest BCUT2D eigenvalue weighted by Gasteiger charge is 2.16. The van der Waals surface area contributed by atoms with Crippen molar-refractivity contribution in [2.24, 2.45) is 0 Å². The lowest BCUT2D eigenvalue weighted by atomic mass is 10.2. The predicted octanol–water partition coefficient (Wildman–Crippen LogP) is 3.58. The van der Waals surface area contributed by atoms with Crippen LogP contribution in [0, 0.1) is 0 Å². The van der Waals surface area contributed by atoms with Crippen molar-refractivity contribution in [1.29, 1.82) is 0 Å². The fourth-order valence-electron chi connectivity index (χ4n) is 1.91. The Bertz CT molecular complexity index is 822. The summed E-state index contributed by atoms with van der Waals surface area (Å²) in [6.07, 6.45) is 0. The van der Waals surface area contributed by atoms with Gasteiger partial charge in [0.1, 0.15) is 0 Å². The number of carbonyl (C=O) groups excluding carboxylic acids is 3. The van der Waals surface area contributed by atoms with Crippen LogP contribution in [-0.4, -0.2) is 31.6 Å². The predicted molar refractivity (Wildman–Crippen MR) is 93.2 cm³/mol. The van der Waals surface area contributed by atoms with Crippen LogP contribution in [0.2, 0.25) is 10.0 Å². The Morgan fingerprint density at radius 1 is 1.04 bits per heavy atom. The largest absolute Gasteiger partial charge is 0.465 e. The second-order valence-corrected chi connectivity index (χ2v) is 5.58. The molecule has 1 amide bonds. The zero-order chi connectivity index (χ0) is 18.4. The first-order valence-corrected chi connectivity index (χ1v) is 7.77. The van der Waals surface area contributed by atoms with Gasteiger partial charge in [-0.2, -0.15) is 0 Å². The van der Waals surface area contributed by atoms with Gasteiger partial charge in [0.05, 0.1) is 28.3 Å². The molecule has 0 radical (unpaired) electrons. The summed E-state index contributed by atoms with van der Waals surface area (Å²) in [5, 5.41) is 2.78. The molecule has 0 aliphatic heterocycles. The van der Waals surface area contributed by atoms with E-state index in [0.29, 0.717) is 5.69 Å². The van der Waals surface area contributed by atoms with Gasteiger partial charge in [0, 0.05) is 5.69 Å². The van der Waals surface area contributed by atoms with Crippen LogP contribution >= 0.6 is 23.2 Å². The number of nitrogens with one attached hydrogen (secondary N) is 1. The van der Waals surface area contributed by atoms with Crippen LogP contribution in [0.4, 0.5) is 5.69 Å². The van der Waals surface area contributed by atoms with Crippen molar-refractivity contribution in [3.8, 4) is 0 Å². The number of hydrogen-bond donors (Lipinski definition) is 1. The van der Waals surface area contributed by atoms with Gasteiger partial charge in [-0.1, -0.05) is 35.3 Å². The number of halogens is 2. The molecule has 130 valence electrons. The van der Waals surface area contributed by atoms with E-state index >= 15 is 0 Å². The Morgan fingerprint density at radius 2 is 1.76 bits per heavy atom. The molecular weight excluding hydrogens is 369 g/mol. The molecule has 0 saturated carbocycles. The number of rotatable bonds is 5. The van der Waals surface area contributed by atoms with Gasteiger partial charge in [-0.25, -0.2) is 9.59 Å². The first-order chi connectivity index (χ1) is 11.9. The Kier molecular flexibility index (Phi) is 6.38. The Hall–Kier alpha value is -2.57. The summed E-state index contributed by atoms with van der Waals surface area (Å²) in [4.78, 5) is 35.3. The number of anilines is 1. The number of hydrogen-bond acceptors (Lipinski definition) is 5. The van der Waals surface area contributed by atoms with Crippen LogP contribution < -0.4 is 5.32 Å². The van der Waals surface area contributed by atoms with Crippen molar-refractivity contribution in [1.82, 2.24) is 0 Å². The van der Waals surface area contributed by atoms with Crippen molar-refractivity contribution in [2.75, 3.05) is 19.0 Å². The number of benzene rings is 2. The molecule has 2 rings (SSSR count). The van der Waals surface area contributed by atoms with E-state index in [1.165, 1.54) is 25.3 Å². The molecule has 0 unspecified atom stereocenters. The highest BCUT2D eigenvalue weighted by molar-refractivity contribution is 6.43.